The van der Waals surface area contributed by atoms with Gasteiger partial charge in [-0.2, -0.15) is 11.3 Å². The standard InChI is InChI=1S/C10H12BrNO2S/c11-8-6-15-5-7(8)9(13)10(12)1-3-14-4-2-10/h5-6H,1-4,12H2. The molecular weight excluding hydrogens is 278 g/mol. The zero-order valence-electron chi connectivity index (χ0n) is 8.16. The summed E-state index contributed by atoms with van der Waals surface area (Å²) in [5.74, 6) is 0.0268. The summed E-state index contributed by atoms with van der Waals surface area (Å²) in [6.07, 6.45) is 1.21. The van der Waals surface area contributed by atoms with E-state index in [9.17, 15) is 4.79 Å². The van der Waals surface area contributed by atoms with E-state index in [1.54, 1.807) is 0 Å². The van der Waals surface area contributed by atoms with Crippen molar-refractivity contribution in [3.8, 4) is 0 Å². The normalized spacial score (nSPS) is 20.1. The fraction of sp³-hybridized carbons (Fsp3) is 0.500. The minimum absolute atomic E-state index is 0.0268. The van der Waals surface area contributed by atoms with Gasteiger partial charge in [0.25, 0.3) is 0 Å². The van der Waals surface area contributed by atoms with Gasteiger partial charge < -0.3 is 10.5 Å². The molecular formula is C10H12BrNO2S. The highest BCUT2D eigenvalue weighted by molar-refractivity contribution is 9.10. The van der Waals surface area contributed by atoms with Gasteiger partial charge >= 0.3 is 0 Å². The molecule has 0 saturated carbocycles. The van der Waals surface area contributed by atoms with E-state index in [-0.39, 0.29) is 5.78 Å². The number of rotatable bonds is 2. The molecule has 1 fully saturated rings. The predicted molar refractivity (Wildman–Crippen MR) is 63.3 cm³/mol. The minimum Gasteiger partial charge on any atom is -0.381 e. The van der Waals surface area contributed by atoms with Gasteiger partial charge in [-0.1, -0.05) is 0 Å². The molecule has 15 heavy (non-hydrogen) atoms. The van der Waals surface area contributed by atoms with Crippen molar-refractivity contribution in [1.82, 2.24) is 0 Å². The Morgan fingerprint density at radius 2 is 2.13 bits per heavy atom. The summed E-state index contributed by atoms with van der Waals surface area (Å²) in [5, 5.41) is 3.74. The first kappa shape index (κ1) is 11.3. The zero-order chi connectivity index (χ0) is 10.9. The maximum absolute atomic E-state index is 12.2. The summed E-state index contributed by atoms with van der Waals surface area (Å²) < 4.78 is 6.06. The lowest BCUT2D eigenvalue weighted by molar-refractivity contribution is 0.0447. The van der Waals surface area contributed by atoms with Crippen molar-refractivity contribution in [2.45, 2.75) is 18.4 Å². The maximum atomic E-state index is 12.2. The van der Waals surface area contributed by atoms with Crippen LogP contribution >= 0.6 is 27.3 Å². The van der Waals surface area contributed by atoms with Crippen molar-refractivity contribution < 1.29 is 9.53 Å². The summed E-state index contributed by atoms with van der Waals surface area (Å²) in [5.41, 5.74) is 6.08. The Hall–Kier alpha value is -0.230. The van der Waals surface area contributed by atoms with E-state index < -0.39 is 5.54 Å². The first-order valence-electron chi connectivity index (χ1n) is 4.76. The minimum atomic E-state index is -0.734. The molecule has 1 aliphatic rings. The number of carbonyl (C=O) groups is 1. The Morgan fingerprint density at radius 3 is 2.67 bits per heavy atom. The van der Waals surface area contributed by atoms with Crippen LogP contribution in [0.25, 0.3) is 0 Å². The van der Waals surface area contributed by atoms with Crippen molar-refractivity contribution >= 4 is 33.0 Å². The molecule has 2 N–H and O–H groups in total. The number of ether oxygens (including phenoxy) is 1. The van der Waals surface area contributed by atoms with Crippen LogP contribution in [0.2, 0.25) is 0 Å². The second-order valence-corrected chi connectivity index (χ2v) is 5.33. The fourth-order valence-electron chi connectivity index (χ4n) is 1.67. The van der Waals surface area contributed by atoms with Gasteiger partial charge in [-0.25, -0.2) is 0 Å². The van der Waals surface area contributed by atoms with Gasteiger partial charge in [-0.3, -0.25) is 4.79 Å². The number of halogens is 1. The van der Waals surface area contributed by atoms with Gasteiger partial charge in [0.2, 0.25) is 0 Å². The molecule has 1 aromatic rings. The van der Waals surface area contributed by atoms with Crippen molar-refractivity contribution in [2.75, 3.05) is 13.2 Å². The van der Waals surface area contributed by atoms with Crippen molar-refractivity contribution in [3.05, 3.63) is 20.8 Å². The summed E-state index contributed by atoms with van der Waals surface area (Å²) in [6.45, 7) is 1.15. The molecule has 1 aliphatic heterocycles. The third-order valence-corrected chi connectivity index (χ3v) is 4.40. The summed E-state index contributed by atoms with van der Waals surface area (Å²) in [4.78, 5) is 12.2. The van der Waals surface area contributed by atoms with E-state index >= 15 is 0 Å². The van der Waals surface area contributed by atoms with Gasteiger partial charge in [-0.15, -0.1) is 0 Å². The number of Topliss-reactive ketones (excluding diaryl/α,β-unsaturated/α-hetero) is 1. The van der Waals surface area contributed by atoms with Crippen LogP contribution in [0, 0.1) is 0 Å². The number of nitrogens with two attached hydrogens (primary N) is 1. The lowest BCUT2D eigenvalue weighted by Gasteiger charge is -2.31. The molecule has 0 spiro atoms. The van der Waals surface area contributed by atoms with E-state index in [0.29, 0.717) is 31.6 Å². The van der Waals surface area contributed by atoms with Gasteiger partial charge in [0.15, 0.2) is 5.78 Å². The molecule has 2 rings (SSSR count). The van der Waals surface area contributed by atoms with E-state index in [1.165, 1.54) is 11.3 Å². The van der Waals surface area contributed by atoms with Gasteiger partial charge in [-0.05, 0) is 28.8 Å². The Balaban J connectivity index is 2.23. The highest BCUT2D eigenvalue weighted by Gasteiger charge is 2.37. The molecule has 0 bridgehead atoms. The summed E-state index contributed by atoms with van der Waals surface area (Å²) in [7, 11) is 0. The molecule has 0 atom stereocenters. The largest absolute Gasteiger partial charge is 0.381 e. The Labute approximate surface area is 101 Å². The average molecular weight is 290 g/mol. The number of ketones is 1. The van der Waals surface area contributed by atoms with Crippen LogP contribution in [0.5, 0.6) is 0 Å². The van der Waals surface area contributed by atoms with Crippen LogP contribution in [-0.4, -0.2) is 24.5 Å². The smallest absolute Gasteiger partial charge is 0.184 e. The third-order valence-electron chi connectivity index (χ3n) is 2.70. The molecule has 0 aliphatic carbocycles. The third kappa shape index (κ3) is 2.15. The SMILES string of the molecule is NC1(C(=O)c2cscc2Br)CCOCC1. The Morgan fingerprint density at radius 1 is 1.47 bits per heavy atom. The summed E-state index contributed by atoms with van der Waals surface area (Å²) in [6, 6.07) is 0. The predicted octanol–water partition coefficient (Wildman–Crippen LogP) is 2.20. The van der Waals surface area contributed by atoms with Gasteiger partial charge in [0.05, 0.1) is 5.54 Å². The van der Waals surface area contributed by atoms with Crippen molar-refractivity contribution in [2.24, 2.45) is 5.73 Å². The molecule has 2 heterocycles. The maximum Gasteiger partial charge on any atom is 0.184 e. The van der Waals surface area contributed by atoms with Crippen LogP contribution in [0.4, 0.5) is 0 Å². The monoisotopic (exact) mass is 289 g/mol. The Bertz CT molecular complexity index is 371. The highest BCUT2D eigenvalue weighted by Crippen LogP contribution is 2.29. The van der Waals surface area contributed by atoms with E-state index in [0.717, 1.165) is 4.47 Å². The molecule has 1 aromatic heterocycles. The number of thiophene rings is 1. The summed E-state index contributed by atoms with van der Waals surface area (Å²) >= 11 is 4.86. The van der Waals surface area contributed by atoms with E-state index in [1.807, 2.05) is 10.8 Å². The molecule has 1 saturated heterocycles. The lowest BCUT2D eigenvalue weighted by Crippen LogP contribution is -2.51. The first-order valence-corrected chi connectivity index (χ1v) is 6.50. The first-order chi connectivity index (χ1) is 7.13. The lowest BCUT2D eigenvalue weighted by atomic mass is 9.84. The average Bonchev–Trinajstić information content (AvgIpc) is 2.64. The van der Waals surface area contributed by atoms with E-state index in [2.05, 4.69) is 15.9 Å². The second kappa shape index (κ2) is 4.33. The molecule has 0 unspecified atom stereocenters. The number of hydrogen-bond donors (Lipinski definition) is 1. The topological polar surface area (TPSA) is 52.3 Å². The quantitative estimate of drug-likeness (QED) is 0.850. The molecule has 0 aromatic carbocycles. The van der Waals surface area contributed by atoms with E-state index in [4.69, 9.17) is 10.5 Å². The highest BCUT2D eigenvalue weighted by atomic mass is 79.9. The molecule has 3 nitrogen and oxygen atoms in total. The Kier molecular flexibility index (Phi) is 3.25. The molecule has 82 valence electrons. The van der Waals surface area contributed by atoms with Crippen LogP contribution in [0.3, 0.4) is 0 Å². The van der Waals surface area contributed by atoms with Gasteiger partial charge in [0.1, 0.15) is 0 Å². The van der Waals surface area contributed by atoms with Crippen LogP contribution in [0.1, 0.15) is 23.2 Å². The second-order valence-electron chi connectivity index (χ2n) is 3.73. The number of carbonyl (C=O) groups excluding carboxylic acids is 1. The number of hydrogen-bond acceptors (Lipinski definition) is 4. The molecule has 0 amide bonds. The van der Waals surface area contributed by atoms with Crippen molar-refractivity contribution in [1.29, 1.82) is 0 Å². The molecule has 0 radical (unpaired) electrons. The molecule has 5 heteroatoms. The van der Waals surface area contributed by atoms with Crippen LogP contribution < -0.4 is 5.73 Å². The van der Waals surface area contributed by atoms with Crippen LogP contribution in [-0.2, 0) is 4.74 Å². The fourth-order valence-corrected chi connectivity index (χ4v) is 3.13. The van der Waals surface area contributed by atoms with Gasteiger partial charge in [0, 0.05) is 34.0 Å². The van der Waals surface area contributed by atoms with Crippen LogP contribution in [0.15, 0.2) is 15.2 Å². The van der Waals surface area contributed by atoms with Crippen molar-refractivity contribution in [3.63, 3.8) is 0 Å². The zero-order valence-corrected chi connectivity index (χ0v) is 10.6.